The van der Waals surface area contributed by atoms with Crippen LogP contribution in [-0.2, 0) is 47.5 Å². The molecular formula is C43H57NO16. The molecule has 3 saturated carbocycles. The Bertz CT molecular complexity index is 1890. The molecule has 0 aromatic heterocycles. The van der Waals surface area contributed by atoms with Crippen LogP contribution in [0.5, 0.6) is 0 Å². The zero-order valence-corrected chi connectivity index (χ0v) is 35.3. The van der Waals surface area contributed by atoms with Gasteiger partial charge in [-0.15, -0.1) is 0 Å². The fraction of sp³-hybridized carbons (Fsp3) is 0.674. The minimum atomic E-state index is -2.40. The summed E-state index contributed by atoms with van der Waals surface area (Å²) in [5.74, 6) is -5.64. The van der Waals surface area contributed by atoms with Crippen LogP contribution in [0.3, 0.4) is 0 Å². The van der Waals surface area contributed by atoms with E-state index in [0.717, 1.165) is 6.92 Å². The Kier molecular flexibility index (Phi) is 12.5. The molecule has 330 valence electrons. The average Bonchev–Trinajstić information content (AvgIpc) is 4.03. The molecule has 6 rings (SSSR count). The maximum Gasteiger partial charge on any atom is 0.509 e. The first-order valence-electron chi connectivity index (χ1n) is 20.5. The quantitative estimate of drug-likeness (QED) is 0.134. The molecule has 60 heavy (non-hydrogen) atoms. The number of amides is 1. The molecule has 1 heterocycles. The number of rotatable bonds is 12. The van der Waals surface area contributed by atoms with Gasteiger partial charge in [0.1, 0.15) is 23.9 Å². The number of esters is 3. The maximum absolute atomic E-state index is 15.5. The zero-order valence-electron chi connectivity index (χ0n) is 35.3. The van der Waals surface area contributed by atoms with E-state index in [1.54, 1.807) is 32.0 Å². The molecule has 17 heteroatoms. The number of hydrogen-bond acceptors (Lipinski definition) is 16. The maximum atomic E-state index is 15.5. The summed E-state index contributed by atoms with van der Waals surface area (Å²) in [5, 5.41) is 39.7. The van der Waals surface area contributed by atoms with E-state index >= 15 is 4.79 Å². The summed E-state index contributed by atoms with van der Waals surface area (Å²) in [5.41, 5.74) is -7.79. The second-order valence-electron chi connectivity index (χ2n) is 17.8. The van der Waals surface area contributed by atoms with Gasteiger partial charge in [-0.05, 0) is 68.7 Å². The molecule has 1 aliphatic heterocycles. The van der Waals surface area contributed by atoms with Crippen molar-refractivity contribution in [3.63, 3.8) is 0 Å². The third-order valence-corrected chi connectivity index (χ3v) is 13.2. The normalized spacial score (nSPS) is 33.9. The van der Waals surface area contributed by atoms with Crippen LogP contribution < -0.4 is 5.32 Å². The Morgan fingerprint density at radius 2 is 1.67 bits per heavy atom. The molecule has 4 aliphatic carbocycles. The van der Waals surface area contributed by atoms with E-state index in [4.69, 9.17) is 33.2 Å². The van der Waals surface area contributed by atoms with Gasteiger partial charge in [0, 0.05) is 25.2 Å². The first-order chi connectivity index (χ1) is 28.1. The standard InChI is InChI=1S/C43H57NO16/c1-9-54-39(52)58-32-29-22(4)26(57-37(50)31(47)30(24-15-16-24)44-38(51)55-19-21(2)3)18-43(53,40(29,6)7)35(59-36(49)25-13-11-10-12-14-25)33-41(8,34(32)48)27(46)17-28-42(33,20-56-28)60-23(5)45/h10-14,21,24,26-28,30-33,35,46-47,53H,9,15-20H2,1-8H3,(H,44,51)/t26-,27-,28+,30-,31+,32+,33?,35-,41+,42-,43+/m0/s1. The summed E-state index contributed by atoms with van der Waals surface area (Å²) in [6.07, 6.45) is -11.4. The van der Waals surface area contributed by atoms with Crippen LogP contribution >= 0.6 is 0 Å². The molecule has 4 fully saturated rings. The fourth-order valence-corrected chi connectivity index (χ4v) is 9.79. The van der Waals surface area contributed by atoms with Gasteiger partial charge in [-0.1, -0.05) is 45.9 Å². The highest BCUT2D eigenvalue weighted by Crippen LogP contribution is 2.64. The van der Waals surface area contributed by atoms with E-state index in [0.29, 0.717) is 12.8 Å². The SMILES string of the molecule is CCOC(=O)O[C@H]1C(=O)[C@@]2(C)C([C@H](OC(=O)c3ccccc3)[C@]3(O)C[C@H](OC(=O)[C@H](O)[C@@H](NC(=O)OCC(C)C)C4CC4)C(C)=C1C3(C)C)[C@]1(OC(C)=O)CO[C@@H]1C[C@@H]2O. The molecule has 2 bridgehead atoms. The van der Waals surface area contributed by atoms with Crippen LogP contribution in [0.2, 0.25) is 0 Å². The molecule has 0 spiro atoms. The van der Waals surface area contributed by atoms with Gasteiger partial charge < -0.3 is 53.8 Å². The number of ketones is 1. The average molecular weight is 844 g/mol. The number of fused-ring (bicyclic) bond motifs is 5. The van der Waals surface area contributed by atoms with Crippen molar-refractivity contribution in [2.75, 3.05) is 19.8 Å². The number of hydrogen-bond donors (Lipinski definition) is 4. The number of nitrogens with one attached hydrogen (secondary N) is 1. The summed E-state index contributed by atoms with van der Waals surface area (Å²) < 4.78 is 40.5. The smallest absolute Gasteiger partial charge is 0.456 e. The van der Waals surface area contributed by atoms with Gasteiger partial charge in [-0.2, -0.15) is 0 Å². The fourth-order valence-electron chi connectivity index (χ4n) is 9.79. The van der Waals surface area contributed by atoms with Gasteiger partial charge >= 0.3 is 30.2 Å². The number of aliphatic hydroxyl groups excluding tert-OH is 2. The molecule has 1 aromatic carbocycles. The predicted octanol–water partition coefficient (Wildman–Crippen LogP) is 3.34. The zero-order chi connectivity index (χ0) is 44.1. The Balaban J connectivity index is 1.53. The molecule has 1 aromatic rings. The highest BCUT2D eigenvalue weighted by Gasteiger charge is 2.78. The van der Waals surface area contributed by atoms with Crippen LogP contribution in [0.25, 0.3) is 0 Å². The van der Waals surface area contributed by atoms with Crippen molar-refractivity contribution in [2.24, 2.45) is 28.6 Å². The molecular weight excluding hydrogens is 786 g/mol. The lowest BCUT2D eigenvalue weighted by molar-refractivity contribution is -0.346. The van der Waals surface area contributed by atoms with Crippen LogP contribution in [0.15, 0.2) is 41.5 Å². The monoisotopic (exact) mass is 843 g/mol. The number of benzene rings is 1. The lowest BCUT2D eigenvalue weighted by atomic mass is 9.44. The number of ether oxygens (including phenoxy) is 7. The predicted molar refractivity (Wildman–Crippen MR) is 207 cm³/mol. The van der Waals surface area contributed by atoms with Crippen molar-refractivity contribution < 1.29 is 77.2 Å². The van der Waals surface area contributed by atoms with E-state index < -0.39 is 113 Å². The van der Waals surface area contributed by atoms with Gasteiger partial charge in [0.25, 0.3) is 0 Å². The topological polar surface area (TPSA) is 240 Å². The second kappa shape index (κ2) is 16.7. The highest BCUT2D eigenvalue weighted by atomic mass is 16.7. The first-order valence-corrected chi connectivity index (χ1v) is 20.5. The van der Waals surface area contributed by atoms with Crippen molar-refractivity contribution >= 4 is 35.9 Å². The number of Topliss-reactive ketones (excluding diaryl/α,β-unsaturated/α-hetero) is 1. The lowest BCUT2D eigenvalue weighted by Gasteiger charge is -2.67. The Morgan fingerprint density at radius 1 is 1.00 bits per heavy atom. The number of carbonyl (C=O) groups is 6. The Labute approximate surface area is 348 Å². The van der Waals surface area contributed by atoms with Crippen molar-refractivity contribution in [1.29, 1.82) is 0 Å². The van der Waals surface area contributed by atoms with Crippen molar-refractivity contribution in [1.82, 2.24) is 5.32 Å². The summed E-state index contributed by atoms with van der Waals surface area (Å²) in [7, 11) is 0. The summed E-state index contributed by atoms with van der Waals surface area (Å²) in [6.45, 7) is 12.0. The molecule has 11 atom stereocenters. The largest absolute Gasteiger partial charge is 0.509 e. The van der Waals surface area contributed by atoms with Crippen molar-refractivity contribution in [3.8, 4) is 0 Å². The third kappa shape index (κ3) is 7.77. The van der Waals surface area contributed by atoms with Gasteiger partial charge in [-0.3, -0.25) is 9.59 Å². The van der Waals surface area contributed by atoms with E-state index in [9.17, 15) is 39.3 Å². The van der Waals surface area contributed by atoms with Crippen LogP contribution in [0.1, 0.15) is 91.4 Å². The molecule has 17 nitrogen and oxygen atoms in total. The Morgan fingerprint density at radius 3 is 2.23 bits per heavy atom. The molecule has 1 amide bonds. The van der Waals surface area contributed by atoms with Crippen LogP contribution in [0.4, 0.5) is 9.59 Å². The summed E-state index contributed by atoms with van der Waals surface area (Å²) in [6, 6.07) is 6.73. The van der Waals surface area contributed by atoms with E-state index in [1.165, 1.54) is 32.9 Å². The van der Waals surface area contributed by atoms with Crippen LogP contribution in [0, 0.1) is 28.6 Å². The van der Waals surface area contributed by atoms with Gasteiger partial charge in [-0.25, -0.2) is 19.2 Å². The van der Waals surface area contributed by atoms with Crippen molar-refractivity contribution in [2.45, 2.75) is 135 Å². The minimum Gasteiger partial charge on any atom is -0.456 e. The highest BCUT2D eigenvalue weighted by molar-refractivity contribution is 5.95. The first kappa shape index (κ1) is 45.0. The molecule has 4 N–H and O–H groups in total. The molecule has 1 saturated heterocycles. The molecule has 0 radical (unpaired) electrons. The van der Waals surface area contributed by atoms with Gasteiger partial charge in [0.05, 0.1) is 48.9 Å². The lowest BCUT2D eigenvalue weighted by Crippen LogP contribution is -2.82. The van der Waals surface area contributed by atoms with Gasteiger partial charge in [0.15, 0.2) is 23.6 Å². The van der Waals surface area contributed by atoms with E-state index in [-0.39, 0.29) is 54.8 Å². The summed E-state index contributed by atoms with van der Waals surface area (Å²) in [4.78, 5) is 82.7. The van der Waals surface area contributed by atoms with Crippen molar-refractivity contribution in [3.05, 3.63) is 47.0 Å². The third-order valence-electron chi connectivity index (χ3n) is 13.2. The van der Waals surface area contributed by atoms with Gasteiger partial charge in [0.2, 0.25) is 0 Å². The summed E-state index contributed by atoms with van der Waals surface area (Å²) >= 11 is 0. The minimum absolute atomic E-state index is 0.0239. The Hall–Kier alpha value is -4.58. The molecule has 1 unspecified atom stereocenters. The number of alkyl carbamates (subject to hydrolysis) is 1. The number of carbonyl (C=O) groups excluding carboxylic acids is 6. The molecule has 5 aliphatic rings. The van der Waals surface area contributed by atoms with Crippen LogP contribution in [-0.4, -0.2) is 125 Å². The van der Waals surface area contributed by atoms with E-state index in [1.807, 2.05) is 13.8 Å². The second-order valence-corrected chi connectivity index (χ2v) is 17.8. The number of aliphatic hydroxyl groups is 3. The van der Waals surface area contributed by atoms with E-state index in [2.05, 4.69) is 5.32 Å².